The summed E-state index contributed by atoms with van der Waals surface area (Å²) in [6.45, 7) is 0. The Morgan fingerprint density at radius 1 is 1.30 bits per heavy atom. The van der Waals surface area contributed by atoms with Gasteiger partial charge in [0, 0.05) is 7.05 Å². The van der Waals surface area contributed by atoms with Crippen molar-refractivity contribution in [1.29, 1.82) is 0 Å². The average molecular weight is 329 g/mol. The number of ketones is 1. The van der Waals surface area contributed by atoms with Gasteiger partial charge in [0.15, 0.2) is 5.76 Å². The summed E-state index contributed by atoms with van der Waals surface area (Å²) in [7, 11) is 3.12. The van der Waals surface area contributed by atoms with E-state index < -0.39 is 17.7 Å². The fraction of sp³-hybridized carbons (Fsp3) is 0.176. The summed E-state index contributed by atoms with van der Waals surface area (Å²) in [4.78, 5) is 26.8. The van der Waals surface area contributed by atoms with Crippen molar-refractivity contribution >= 4 is 23.0 Å². The molecule has 118 valence electrons. The quantitative estimate of drug-likeness (QED) is 0.876. The number of ether oxygens (including phenoxy) is 1. The molecule has 2 heterocycles. The Hall–Kier alpha value is -2.60. The molecule has 1 amide bonds. The topological polar surface area (TPSA) is 66.8 Å². The molecule has 1 N–H and O–H groups in total. The summed E-state index contributed by atoms with van der Waals surface area (Å²) in [6.07, 6.45) is 0. The number of benzene rings is 1. The molecular weight excluding hydrogens is 314 g/mol. The van der Waals surface area contributed by atoms with Gasteiger partial charge in [0.1, 0.15) is 5.75 Å². The van der Waals surface area contributed by atoms with E-state index in [1.165, 1.54) is 16.2 Å². The lowest BCUT2D eigenvalue weighted by Crippen LogP contribution is -2.26. The van der Waals surface area contributed by atoms with Gasteiger partial charge in [0.25, 0.3) is 5.91 Å². The number of methoxy groups -OCH3 is 1. The number of likely N-dealkylation sites (N-methyl/N-ethyl adjacent to an activating group) is 1. The third-order valence-electron chi connectivity index (χ3n) is 3.84. The number of thiophene rings is 1. The summed E-state index contributed by atoms with van der Waals surface area (Å²) in [5, 5.41) is 12.0. The molecule has 5 nitrogen and oxygen atoms in total. The van der Waals surface area contributed by atoms with Crippen LogP contribution in [0, 0.1) is 0 Å². The van der Waals surface area contributed by atoms with Gasteiger partial charge in [-0.1, -0.05) is 18.2 Å². The van der Waals surface area contributed by atoms with Crippen molar-refractivity contribution in [3.05, 3.63) is 63.6 Å². The van der Waals surface area contributed by atoms with Crippen LogP contribution in [0.25, 0.3) is 0 Å². The number of carbonyl (C=O) groups excluding carboxylic acids is 2. The Labute approximate surface area is 137 Å². The third-order valence-corrected chi connectivity index (χ3v) is 4.71. The highest BCUT2D eigenvalue weighted by Crippen LogP contribution is 2.39. The minimum absolute atomic E-state index is 0.105. The average Bonchev–Trinajstić information content (AvgIpc) is 3.18. The smallest absolute Gasteiger partial charge is 0.289 e. The van der Waals surface area contributed by atoms with Gasteiger partial charge in [0.2, 0.25) is 5.78 Å². The van der Waals surface area contributed by atoms with Gasteiger partial charge in [-0.05, 0) is 29.1 Å². The standard InChI is InChI=1S/C17H15NO4S/c1-18-14(10-5-3-6-11(9-10)22-2)13(16(20)17(18)21)15(19)12-7-4-8-23-12/h3-9,14,20H,1-2H3. The van der Waals surface area contributed by atoms with E-state index in [0.29, 0.717) is 16.2 Å². The highest BCUT2D eigenvalue weighted by Gasteiger charge is 2.42. The van der Waals surface area contributed by atoms with Crippen LogP contribution in [0.4, 0.5) is 0 Å². The van der Waals surface area contributed by atoms with Crippen molar-refractivity contribution < 1.29 is 19.4 Å². The molecule has 23 heavy (non-hydrogen) atoms. The number of Topliss-reactive ketones (excluding diaryl/α,β-unsaturated/α-hetero) is 1. The van der Waals surface area contributed by atoms with Crippen LogP contribution in [-0.4, -0.2) is 35.9 Å². The fourth-order valence-corrected chi connectivity index (χ4v) is 3.37. The zero-order valence-corrected chi connectivity index (χ0v) is 13.5. The van der Waals surface area contributed by atoms with Crippen molar-refractivity contribution in [3.63, 3.8) is 0 Å². The lowest BCUT2D eigenvalue weighted by atomic mass is 9.95. The number of rotatable bonds is 4. The number of aliphatic hydroxyl groups is 1. The summed E-state index contributed by atoms with van der Waals surface area (Å²) in [5.74, 6) is -0.753. The maximum atomic E-state index is 12.7. The van der Waals surface area contributed by atoms with Gasteiger partial charge in [-0.2, -0.15) is 0 Å². The van der Waals surface area contributed by atoms with Crippen LogP contribution >= 0.6 is 11.3 Å². The van der Waals surface area contributed by atoms with Crippen molar-refractivity contribution in [1.82, 2.24) is 4.90 Å². The normalized spacial score (nSPS) is 17.7. The van der Waals surface area contributed by atoms with Crippen LogP contribution in [0.15, 0.2) is 53.1 Å². The Bertz CT molecular complexity index is 795. The number of aliphatic hydroxyl groups excluding tert-OH is 1. The fourth-order valence-electron chi connectivity index (χ4n) is 2.70. The van der Waals surface area contributed by atoms with Crippen LogP contribution in [0.2, 0.25) is 0 Å². The molecule has 1 aliphatic rings. The molecule has 6 heteroatoms. The molecular formula is C17H15NO4S. The molecule has 1 aromatic heterocycles. The number of nitrogens with zero attached hydrogens (tertiary/aromatic N) is 1. The molecule has 0 saturated carbocycles. The van der Waals surface area contributed by atoms with E-state index >= 15 is 0 Å². The van der Waals surface area contributed by atoms with Crippen LogP contribution in [0.3, 0.4) is 0 Å². The maximum absolute atomic E-state index is 12.7. The van der Waals surface area contributed by atoms with Crippen LogP contribution in [0.1, 0.15) is 21.3 Å². The minimum Gasteiger partial charge on any atom is -0.503 e. The second-order valence-electron chi connectivity index (χ2n) is 5.16. The zero-order chi connectivity index (χ0) is 16.6. The number of hydrogen-bond donors (Lipinski definition) is 1. The Morgan fingerprint density at radius 3 is 2.74 bits per heavy atom. The number of carbonyl (C=O) groups is 2. The Kier molecular flexibility index (Phi) is 3.92. The van der Waals surface area contributed by atoms with Crippen molar-refractivity contribution in [3.8, 4) is 5.75 Å². The van der Waals surface area contributed by atoms with Crippen LogP contribution in [-0.2, 0) is 4.79 Å². The highest BCUT2D eigenvalue weighted by molar-refractivity contribution is 7.12. The molecule has 0 radical (unpaired) electrons. The highest BCUT2D eigenvalue weighted by atomic mass is 32.1. The molecule has 1 atom stereocenters. The Balaban J connectivity index is 2.10. The van der Waals surface area contributed by atoms with E-state index in [-0.39, 0.29) is 11.4 Å². The SMILES string of the molecule is COc1cccc(C2C(C(=O)c3cccs3)=C(O)C(=O)N2C)c1. The maximum Gasteiger partial charge on any atom is 0.289 e. The van der Waals surface area contributed by atoms with Crippen molar-refractivity contribution in [2.45, 2.75) is 6.04 Å². The first-order valence-corrected chi connectivity index (χ1v) is 7.85. The molecule has 1 aliphatic heterocycles. The van der Waals surface area contributed by atoms with E-state index in [4.69, 9.17) is 4.74 Å². The summed E-state index contributed by atoms with van der Waals surface area (Å²) in [5.41, 5.74) is 0.817. The zero-order valence-electron chi connectivity index (χ0n) is 12.6. The first-order valence-electron chi connectivity index (χ1n) is 6.97. The van der Waals surface area contributed by atoms with Crippen molar-refractivity contribution in [2.24, 2.45) is 0 Å². The first-order chi connectivity index (χ1) is 11.0. The molecule has 0 saturated heterocycles. The number of amides is 1. The third kappa shape index (κ3) is 2.51. The van der Waals surface area contributed by atoms with Gasteiger partial charge in [-0.3, -0.25) is 9.59 Å². The predicted octanol–water partition coefficient (Wildman–Crippen LogP) is 2.96. The monoisotopic (exact) mass is 329 g/mol. The molecule has 0 spiro atoms. The first kappa shape index (κ1) is 15.3. The predicted molar refractivity (Wildman–Crippen MR) is 86.8 cm³/mol. The second-order valence-corrected chi connectivity index (χ2v) is 6.11. The molecule has 1 aromatic carbocycles. The summed E-state index contributed by atoms with van der Waals surface area (Å²) < 4.78 is 5.21. The molecule has 0 bridgehead atoms. The van der Waals surface area contributed by atoms with Crippen molar-refractivity contribution in [2.75, 3.05) is 14.2 Å². The second kappa shape index (κ2) is 5.89. The lowest BCUT2D eigenvalue weighted by Gasteiger charge is -2.22. The molecule has 0 fully saturated rings. The molecule has 0 aliphatic carbocycles. The van der Waals surface area contributed by atoms with Crippen LogP contribution in [0.5, 0.6) is 5.75 Å². The summed E-state index contributed by atoms with van der Waals surface area (Å²) in [6, 6.07) is 9.94. The van der Waals surface area contributed by atoms with Gasteiger partial charge in [-0.25, -0.2) is 0 Å². The van der Waals surface area contributed by atoms with Gasteiger partial charge < -0.3 is 14.7 Å². The van der Waals surface area contributed by atoms with E-state index in [0.717, 1.165) is 0 Å². The van der Waals surface area contributed by atoms with Gasteiger partial charge in [0.05, 0.1) is 23.6 Å². The van der Waals surface area contributed by atoms with E-state index in [1.807, 2.05) is 0 Å². The van der Waals surface area contributed by atoms with E-state index in [1.54, 1.807) is 55.9 Å². The molecule has 3 rings (SSSR count). The Morgan fingerprint density at radius 2 is 2.09 bits per heavy atom. The lowest BCUT2D eigenvalue weighted by molar-refractivity contribution is -0.128. The summed E-state index contributed by atoms with van der Waals surface area (Å²) >= 11 is 1.28. The molecule has 1 unspecified atom stereocenters. The molecule has 2 aromatic rings. The van der Waals surface area contributed by atoms with Crippen LogP contribution < -0.4 is 4.74 Å². The van der Waals surface area contributed by atoms with E-state index in [9.17, 15) is 14.7 Å². The van der Waals surface area contributed by atoms with Gasteiger partial charge >= 0.3 is 0 Å². The largest absolute Gasteiger partial charge is 0.503 e. The number of hydrogen-bond acceptors (Lipinski definition) is 5. The minimum atomic E-state index is -0.632. The van der Waals surface area contributed by atoms with E-state index in [2.05, 4.69) is 0 Å². The van der Waals surface area contributed by atoms with Gasteiger partial charge in [-0.15, -0.1) is 11.3 Å².